The summed E-state index contributed by atoms with van der Waals surface area (Å²) < 4.78 is 0. The van der Waals surface area contributed by atoms with Gasteiger partial charge in [0.15, 0.2) is 17.3 Å². The van der Waals surface area contributed by atoms with Crippen LogP contribution in [0.3, 0.4) is 0 Å². The van der Waals surface area contributed by atoms with Gasteiger partial charge in [-0.3, -0.25) is 19.2 Å². The van der Waals surface area contributed by atoms with Gasteiger partial charge < -0.3 is 27.9 Å². The predicted octanol–water partition coefficient (Wildman–Crippen LogP) is 0.0344. The number of para-hydroxylation sites is 1. The maximum Gasteiger partial charge on any atom is 0.217 e. The van der Waals surface area contributed by atoms with E-state index in [-0.39, 0.29) is 19.3 Å². The second-order valence-corrected chi connectivity index (χ2v) is 8.80. The third-order valence-electron chi connectivity index (χ3n) is 5.40. The number of ketones is 3. The maximum absolute atomic E-state index is 13.2. The lowest BCUT2D eigenvalue weighted by atomic mass is 9.82. The molecular weight excluding hydrogens is 430 g/mol. The molecule has 1 aromatic heterocycles. The number of Topliss-reactive ketones (excluding diaryl/α,β-unsaturated/α-hetero) is 3. The molecule has 0 saturated heterocycles. The smallest absolute Gasteiger partial charge is 0.217 e. The van der Waals surface area contributed by atoms with Crippen LogP contribution in [0.5, 0.6) is 0 Å². The van der Waals surface area contributed by atoms with Gasteiger partial charge in [0.1, 0.15) is 5.92 Å². The van der Waals surface area contributed by atoms with Crippen molar-refractivity contribution in [2.75, 3.05) is 12.0 Å². The summed E-state index contributed by atoms with van der Waals surface area (Å²) in [6.07, 6.45) is 3.85. The zero-order chi connectivity index (χ0) is 23.8. The lowest BCUT2D eigenvalue weighted by Gasteiger charge is -2.23. The molecule has 174 valence electrons. The van der Waals surface area contributed by atoms with E-state index in [0.29, 0.717) is 12.2 Å². The second kappa shape index (κ2) is 11.9. The molecule has 2 rings (SSSR count). The molecule has 9 nitrogen and oxygen atoms in total. The number of nitrogens with two attached hydrogens (primary N) is 4. The number of benzene rings is 1. The Labute approximate surface area is 191 Å². The van der Waals surface area contributed by atoms with Crippen molar-refractivity contribution in [2.24, 2.45) is 28.9 Å². The first-order chi connectivity index (χ1) is 15.2. The molecule has 32 heavy (non-hydrogen) atoms. The highest BCUT2D eigenvalue weighted by molar-refractivity contribution is 7.98. The van der Waals surface area contributed by atoms with Gasteiger partial charge in [0.25, 0.3) is 0 Å². The molecule has 0 bridgehead atoms. The van der Waals surface area contributed by atoms with Crippen LogP contribution < -0.4 is 22.9 Å². The zero-order valence-corrected chi connectivity index (χ0v) is 18.9. The number of amides is 1. The van der Waals surface area contributed by atoms with Crippen LogP contribution in [0.15, 0.2) is 30.5 Å². The summed E-state index contributed by atoms with van der Waals surface area (Å²) in [5, 5.41) is 0.903. The molecule has 0 spiro atoms. The van der Waals surface area contributed by atoms with E-state index in [1.54, 1.807) is 6.20 Å². The molecule has 1 amide bonds. The SMILES string of the molecule is CSCC[C@H](N)C(=O)C(C(=O)[C@@H](N)CCC(N)=O)C(=O)[C@@H](N)Cc1c[nH]c2ccccc12. The summed E-state index contributed by atoms with van der Waals surface area (Å²) in [5.74, 6) is -3.91. The number of nitrogens with one attached hydrogen (secondary N) is 1. The average Bonchev–Trinajstić information content (AvgIpc) is 3.18. The normalized spacial score (nSPS) is 15.1. The number of carbonyl (C=O) groups is 4. The summed E-state index contributed by atoms with van der Waals surface area (Å²) in [6, 6.07) is 4.23. The van der Waals surface area contributed by atoms with Gasteiger partial charge in [0.2, 0.25) is 5.91 Å². The molecule has 9 N–H and O–H groups in total. The van der Waals surface area contributed by atoms with Crippen molar-refractivity contribution in [3.63, 3.8) is 0 Å². The van der Waals surface area contributed by atoms with E-state index >= 15 is 0 Å². The highest BCUT2D eigenvalue weighted by atomic mass is 32.2. The van der Waals surface area contributed by atoms with Crippen LogP contribution in [0.2, 0.25) is 0 Å². The Morgan fingerprint density at radius 3 is 2.16 bits per heavy atom. The van der Waals surface area contributed by atoms with Crippen molar-refractivity contribution in [2.45, 2.75) is 43.8 Å². The number of hydrogen-bond acceptors (Lipinski definition) is 8. The lowest BCUT2D eigenvalue weighted by molar-refractivity contribution is -0.141. The molecular formula is C22H31N5O4S. The van der Waals surface area contributed by atoms with Crippen LogP contribution in [0.4, 0.5) is 0 Å². The van der Waals surface area contributed by atoms with Crippen molar-refractivity contribution in [3.8, 4) is 0 Å². The molecule has 4 atom stereocenters. The van der Waals surface area contributed by atoms with E-state index in [1.807, 2.05) is 30.5 Å². The first kappa shape index (κ1) is 25.7. The van der Waals surface area contributed by atoms with Crippen LogP contribution in [-0.2, 0) is 25.6 Å². The van der Waals surface area contributed by atoms with Crippen molar-refractivity contribution in [1.29, 1.82) is 0 Å². The van der Waals surface area contributed by atoms with Gasteiger partial charge in [-0.25, -0.2) is 0 Å². The molecule has 0 aliphatic carbocycles. The van der Waals surface area contributed by atoms with Crippen LogP contribution in [-0.4, -0.2) is 58.4 Å². The fourth-order valence-electron chi connectivity index (χ4n) is 3.53. The van der Waals surface area contributed by atoms with Gasteiger partial charge in [-0.15, -0.1) is 0 Å². The Kier molecular flexibility index (Phi) is 9.58. The van der Waals surface area contributed by atoms with Gasteiger partial charge in [0.05, 0.1) is 18.1 Å². The minimum atomic E-state index is -1.67. The topological polar surface area (TPSA) is 188 Å². The fraction of sp³-hybridized carbons (Fsp3) is 0.455. The standard InChI is InChI=1S/C22H31N5O4S/c1-32-9-8-15(24)21(30)19(20(29)14(23)6-7-18(26)28)22(31)16(25)10-12-11-27-17-5-3-2-4-13(12)17/h2-5,11,14-16,19,27H,6-10,23-25H2,1H3,(H2,26,28)/t14-,15-,16-,19?/m0/s1. The number of aromatic amines is 1. The lowest BCUT2D eigenvalue weighted by Crippen LogP contribution is -2.52. The Morgan fingerprint density at radius 2 is 1.53 bits per heavy atom. The minimum Gasteiger partial charge on any atom is -0.370 e. The minimum absolute atomic E-state index is 0.0665. The molecule has 10 heteroatoms. The number of carbonyl (C=O) groups excluding carboxylic acids is 4. The van der Waals surface area contributed by atoms with Crippen LogP contribution in [0.1, 0.15) is 24.8 Å². The summed E-state index contributed by atoms with van der Waals surface area (Å²) >= 11 is 1.50. The molecule has 0 aliphatic heterocycles. The Balaban J connectivity index is 2.25. The fourth-order valence-corrected chi connectivity index (χ4v) is 4.02. The number of H-pyrrole nitrogens is 1. The first-order valence-electron chi connectivity index (χ1n) is 10.4. The Bertz CT molecular complexity index is 976. The third kappa shape index (κ3) is 6.49. The van der Waals surface area contributed by atoms with Gasteiger partial charge in [-0.2, -0.15) is 11.8 Å². The highest BCUT2D eigenvalue weighted by Crippen LogP contribution is 2.21. The number of fused-ring (bicyclic) bond motifs is 1. The van der Waals surface area contributed by atoms with Crippen molar-refractivity contribution < 1.29 is 19.2 Å². The number of aromatic nitrogens is 1. The first-order valence-corrected chi connectivity index (χ1v) is 11.8. The van der Waals surface area contributed by atoms with Gasteiger partial charge >= 0.3 is 0 Å². The van der Waals surface area contributed by atoms with Crippen molar-refractivity contribution in [3.05, 3.63) is 36.0 Å². The summed E-state index contributed by atoms with van der Waals surface area (Å²) in [5.41, 5.74) is 24.9. The van der Waals surface area contributed by atoms with E-state index in [4.69, 9.17) is 22.9 Å². The molecule has 1 aromatic carbocycles. The van der Waals surface area contributed by atoms with Crippen molar-refractivity contribution in [1.82, 2.24) is 4.98 Å². The predicted molar refractivity (Wildman–Crippen MR) is 126 cm³/mol. The molecule has 0 radical (unpaired) electrons. The van der Waals surface area contributed by atoms with E-state index in [0.717, 1.165) is 16.5 Å². The van der Waals surface area contributed by atoms with Crippen LogP contribution in [0, 0.1) is 5.92 Å². The van der Waals surface area contributed by atoms with Crippen molar-refractivity contribution >= 4 is 45.9 Å². The third-order valence-corrected chi connectivity index (χ3v) is 6.04. The molecule has 1 heterocycles. The molecule has 0 saturated carbocycles. The largest absolute Gasteiger partial charge is 0.370 e. The number of hydrogen-bond donors (Lipinski definition) is 5. The van der Waals surface area contributed by atoms with E-state index in [9.17, 15) is 19.2 Å². The van der Waals surface area contributed by atoms with Gasteiger partial charge in [0, 0.05) is 23.5 Å². The Hall–Kier alpha value is -2.53. The molecule has 0 fully saturated rings. The van der Waals surface area contributed by atoms with E-state index in [1.165, 1.54) is 11.8 Å². The number of primary amides is 1. The van der Waals surface area contributed by atoms with Gasteiger partial charge in [-0.05, 0) is 42.9 Å². The molecule has 2 aromatic rings. The van der Waals surface area contributed by atoms with Gasteiger partial charge in [-0.1, -0.05) is 18.2 Å². The monoisotopic (exact) mass is 461 g/mol. The molecule has 0 aliphatic rings. The van der Waals surface area contributed by atoms with Crippen LogP contribution in [0.25, 0.3) is 10.9 Å². The van der Waals surface area contributed by atoms with E-state index in [2.05, 4.69) is 4.98 Å². The second-order valence-electron chi connectivity index (χ2n) is 7.81. The van der Waals surface area contributed by atoms with E-state index < -0.39 is 47.3 Å². The average molecular weight is 462 g/mol. The Morgan fingerprint density at radius 1 is 0.938 bits per heavy atom. The highest BCUT2D eigenvalue weighted by Gasteiger charge is 2.40. The summed E-state index contributed by atoms with van der Waals surface area (Å²) in [6.45, 7) is 0. The quantitative estimate of drug-likeness (QED) is 0.244. The maximum atomic E-state index is 13.2. The number of rotatable bonds is 14. The van der Waals surface area contributed by atoms with Crippen LogP contribution >= 0.6 is 11.8 Å². The molecule has 1 unspecified atom stereocenters. The number of thioether (sulfide) groups is 1. The zero-order valence-electron chi connectivity index (χ0n) is 18.1. The summed E-state index contributed by atoms with van der Waals surface area (Å²) in [7, 11) is 0. The summed E-state index contributed by atoms with van der Waals surface area (Å²) in [4.78, 5) is 53.4.